The summed E-state index contributed by atoms with van der Waals surface area (Å²) >= 11 is 0. The number of hydrogen-bond donors (Lipinski definition) is 2. The zero-order valence-corrected chi connectivity index (χ0v) is 12.1. The first-order valence-electron chi connectivity index (χ1n) is 7.18. The zero-order chi connectivity index (χ0) is 14.8. The van der Waals surface area contributed by atoms with Crippen molar-refractivity contribution in [1.82, 2.24) is 15.2 Å². The maximum Gasteiger partial charge on any atom is 0.325 e. The van der Waals surface area contributed by atoms with Crippen LogP contribution >= 0.6 is 0 Å². The van der Waals surface area contributed by atoms with Crippen LogP contribution in [0.2, 0.25) is 0 Å². The van der Waals surface area contributed by atoms with E-state index in [4.69, 9.17) is 0 Å². The molecule has 1 amide bonds. The second-order valence-electron chi connectivity index (χ2n) is 5.27. The van der Waals surface area contributed by atoms with Crippen LogP contribution in [0.4, 0.5) is 0 Å². The number of nitrogens with zero attached hydrogens (tertiary/aromatic N) is 1. The van der Waals surface area contributed by atoms with E-state index >= 15 is 0 Å². The fraction of sp³-hybridized carbons (Fsp3) is 0.467. The van der Waals surface area contributed by atoms with Gasteiger partial charge in [0.15, 0.2) is 0 Å². The number of amides is 1. The number of carbonyl (C=O) groups excluding carboxylic acids is 2. The molecule has 112 valence electrons. The average molecular weight is 289 g/mol. The third-order valence-corrected chi connectivity index (χ3v) is 3.98. The molecule has 1 aliphatic heterocycles. The molecule has 6 nitrogen and oxygen atoms in total. The lowest BCUT2D eigenvalue weighted by atomic mass is 9.94. The topological polar surface area (TPSA) is 72.4 Å². The Morgan fingerprint density at radius 3 is 3.14 bits per heavy atom. The highest BCUT2D eigenvalue weighted by molar-refractivity contribution is 5.98. The molecule has 1 aromatic heterocycles. The summed E-state index contributed by atoms with van der Waals surface area (Å²) in [6.07, 6.45) is 5.97. The van der Waals surface area contributed by atoms with Crippen molar-refractivity contribution in [2.24, 2.45) is 0 Å². The molecule has 0 bridgehead atoms. The van der Waals surface area contributed by atoms with Crippen LogP contribution in [0.1, 0.15) is 28.0 Å². The van der Waals surface area contributed by atoms with Gasteiger partial charge in [0, 0.05) is 31.5 Å². The average Bonchev–Trinajstić information content (AvgIpc) is 2.75. The molecule has 0 aromatic carbocycles. The van der Waals surface area contributed by atoms with E-state index in [1.165, 1.54) is 18.4 Å². The largest absolute Gasteiger partial charge is 0.468 e. The predicted molar refractivity (Wildman–Crippen MR) is 77.9 cm³/mol. The van der Waals surface area contributed by atoms with Gasteiger partial charge in [-0.3, -0.25) is 9.59 Å². The highest BCUT2D eigenvalue weighted by Crippen LogP contribution is 2.31. The monoisotopic (exact) mass is 289 g/mol. The standard InChI is InChI=1S/C15H19N3O3/c1-21-13(19)8-17-15(20)12-9-18-6-5-16-7-10-3-2-4-11(12)14(10)18/h3,9,16H,2,4-8H2,1H3,(H,17,20). The molecule has 0 saturated carbocycles. The molecule has 2 N–H and O–H groups in total. The first-order valence-corrected chi connectivity index (χ1v) is 7.18. The van der Waals surface area contributed by atoms with E-state index in [1.807, 2.05) is 6.20 Å². The minimum atomic E-state index is -0.442. The fourth-order valence-corrected chi connectivity index (χ4v) is 2.99. The highest BCUT2D eigenvalue weighted by Gasteiger charge is 2.26. The molecule has 1 aromatic rings. The van der Waals surface area contributed by atoms with E-state index in [1.54, 1.807) is 0 Å². The minimum Gasteiger partial charge on any atom is -0.468 e. The number of nitrogens with one attached hydrogen (secondary N) is 2. The first kappa shape index (κ1) is 13.9. The number of allylic oxidation sites excluding steroid dienone is 1. The molecule has 0 unspecified atom stereocenters. The SMILES string of the molecule is COC(=O)CNC(=O)c1cn2c3c1CCC=C3CNCC2. The van der Waals surface area contributed by atoms with Crippen LogP contribution in [0.5, 0.6) is 0 Å². The molecule has 2 heterocycles. The summed E-state index contributed by atoms with van der Waals surface area (Å²) in [5, 5.41) is 6.01. The summed E-state index contributed by atoms with van der Waals surface area (Å²) in [5.41, 5.74) is 4.22. The Hall–Kier alpha value is -2.08. The quantitative estimate of drug-likeness (QED) is 0.786. The van der Waals surface area contributed by atoms with Crippen molar-refractivity contribution < 1.29 is 14.3 Å². The second kappa shape index (κ2) is 5.73. The van der Waals surface area contributed by atoms with E-state index < -0.39 is 5.97 Å². The van der Waals surface area contributed by atoms with Crippen LogP contribution < -0.4 is 10.6 Å². The van der Waals surface area contributed by atoms with Crippen LogP contribution in [0.15, 0.2) is 12.3 Å². The highest BCUT2D eigenvalue weighted by atomic mass is 16.5. The van der Waals surface area contributed by atoms with Gasteiger partial charge in [-0.05, 0) is 24.0 Å². The van der Waals surface area contributed by atoms with Crippen molar-refractivity contribution in [3.8, 4) is 0 Å². The lowest BCUT2D eigenvalue weighted by molar-refractivity contribution is -0.139. The summed E-state index contributed by atoms with van der Waals surface area (Å²) in [7, 11) is 1.31. The molecule has 0 atom stereocenters. The minimum absolute atomic E-state index is 0.0977. The van der Waals surface area contributed by atoms with Gasteiger partial charge in [-0.15, -0.1) is 0 Å². The first-order chi connectivity index (χ1) is 10.2. The Bertz CT molecular complexity index is 616. The normalized spacial score (nSPS) is 16.5. The summed E-state index contributed by atoms with van der Waals surface area (Å²) in [6, 6.07) is 0. The maximum atomic E-state index is 12.3. The molecule has 0 saturated heterocycles. The molecule has 0 fully saturated rings. The van der Waals surface area contributed by atoms with Crippen LogP contribution in [0.25, 0.3) is 5.57 Å². The smallest absolute Gasteiger partial charge is 0.325 e. The van der Waals surface area contributed by atoms with Crippen LogP contribution in [-0.4, -0.2) is 43.2 Å². The maximum absolute atomic E-state index is 12.3. The van der Waals surface area contributed by atoms with Crippen molar-refractivity contribution in [3.63, 3.8) is 0 Å². The molecule has 3 rings (SSSR count). The van der Waals surface area contributed by atoms with E-state index in [9.17, 15) is 9.59 Å². The predicted octanol–water partition coefficient (Wildman–Crippen LogP) is 0.324. The van der Waals surface area contributed by atoms with Gasteiger partial charge in [0.2, 0.25) is 0 Å². The zero-order valence-electron chi connectivity index (χ0n) is 12.1. The molecule has 6 heteroatoms. The van der Waals surface area contributed by atoms with Crippen molar-refractivity contribution >= 4 is 17.4 Å². The molecular formula is C15H19N3O3. The Labute approximate surface area is 123 Å². The van der Waals surface area contributed by atoms with Gasteiger partial charge in [-0.2, -0.15) is 0 Å². The Morgan fingerprint density at radius 1 is 1.48 bits per heavy atom. The van der Waals surface area contributed by atoms with Crippen LogP contribution in [-0.2, 0) is 22.5 Å². The van der Waals surface area contributed by atoms with E-state index in [-0.39, 0.29) is 12.5 Å². The van der Waals surface area contributed by atoms with Gasteiger partial charge in [0.25, 0.3) is 5.91 Å². The molecule has 0 spiro atoms. The van der Waals surface area contributed by atoms with Crippen LogP contribution in [0, 0.1) is 0 Å². The number of aromatic nitrogens is 1. The summed E-state index contributed by atoms with van der Waals surface area (Å²) < 4.78 is 6.69. The van der Waals surface area contributed by atoms with Gasteiger partial charge in [0.05, 0.1) is 12.7 Å². The molecule has 2 aliphatic rings. The van der Waals surface area contributed by atoms with E-state index in [0.29, 0.717) is 5.56 Å². The lowest BCUT2D eigenvalue weighted by Gasteiger charge is -2.15. The Morgan fingerprint density at radius 2 is 2.33 bits per heavy atom. The van der Waals surface area contributed by atoms with Crippen molar-refractivity contribution in [3.05, 3.63) is 29.1 Å². The van der Waals surface area contributed by atoms with Gasteiger partial charge in [-0.1, -0.05) is 6.08 Å². The van der Waals surface area contributed by atoms with Gasteiger partial charge >= 0.3 is 5.97 Å². The second-order valence-corrected chi connectivity index (χ2v) is 5.27. The number of ether oxygens (including phenoxy) is 1. The number of hydrogen-bond acceptors (Lipinski definition) is 4. The molecule has 21 heavy (non-hydrogen) atoms. The van der Waals surface area contributed by atoms with E-state index in [2.05, 4.69) is 26.0 Å². The van der Waals surface area contributed by atoms with Crippen molar-refractivity contribution in [1.29, 1.82) is 0 Å². The summed E-state index contributed by atoms with van der Waals surface area (Å²) in [4.78, 5) is 23.5. The fourth-order valence-electron chi connectivity index (χ4n) is 2.99. The number of rotatable bonds is 3. The number of esters is 1. The van der Waals surface area contributed by atoms with Crippen molar-refractivity contribution in [2.75, 3.05) is 26.7 Å². The molecular weight excluding hydrogens is 270 g/mol. The number of methoxy groups -OCH3 is 1. The van der Waals surface area contributed by atoms with Crippen LogP contribution in [0.3, 0.4) is 0 Å². The molecule has 0 radical (unpaired) electrons. The van der Waals surface area contributed by atoms with E-state index in [0.717, 1.165) is 38.0 Å². The van der Waals surface area contributed by atoms with Gasteiger partial charge < -0.3 is 19.9 Å². The number of carbonyl (C=O) groups is 2. The molecule has 1 aliphatic carbocycles. The third kappa shape index (κ3) is 2.58. The Kier molecular flexibility index (Phi) is 3.79. The third-order valence-electron chi connectivity index (χ3n) is 3.98. The van der Waals surface area contributed by atoms with Gasteiger partial charge in [0.1, 0.15) is 6.54 Å². The summed E-state index contributed by atoms with van der Waals surface area (Å²) in [5.74, 6) is -0.646. The summed E-state index contributed by atoms with van der Waals surface area (Å²) in [6.45, 7) is 2.49. The Balaban J connectivity index is 1.88. The van der Waals surface area contributed by atoms with Gasteiger partial charge in [-0.25, -0.2) is 0 Å². The van der Waals surface area contributed by atoms with Crippen molar-refractivity contribution in [2.45, 2.75) is 19.4 Å². The lowest BCUT2D eigenvalue weighted by Crippen LogP contribution is -2.30.